The van der Waals surface area contributed by atoms with Gasteiger partial charge in [0.1, 0.15) is 5.75 Å². The number of fused-ring (bicyclic) bond motifs is 1. The summed E-state index contributed by atoms with van der Waals surface area (Å²) in [7, 11) is 0. The van der Waals surface area contributed by atoms with E-state index in [1.54, 1.807) is 6.07 Å². The highest BCUT2D eigenvalue weighted by Gasteiger charge is 2.32. The largest absolute Gasteiger partial charge is 0.508 e. The van der Waals surface area contributed by atoms with Crippen molar-refractivity contribution in [1.29, 1.82) is 0 Å². The lowest BCUT2D eigenvalue weighted by atomic mass is 9.73. The van der Waals surface area contributed by atoms with E-state index in [4.69, 9.17) is 0 Å². The molecular formula is C15H19NO. The van der Waals surface area contributed by atoms with Crippen LogP contribution in [0.15, 0.2) is 35.3 Å². The van der Waals surface area contributed by atoms with Crippen LogP contribution in [0, 0.1) is 5.41 Å². The molecule has 0 radical (unpaired) electrons. The fraction of sp³-hybridized carbons (Fsp3) is 0.400. The van der Waals surface area contributed by atoms with E-state index in [-0.39, 0.29) is 11.3 Å². The Morgan fingerprint density at radius 2 is 2.18 bits per heavy atom. The number of allylic oxidation sites excluding steroid dienone is 2. The molecule has 1 heterocycles. The molecule has 90 valence electrons. The third-order valence-electron chi connectivity index (χ3n) is 3.25. The molecule has 1 aromatic carbocycles. The van der Waals surface area contributed by atoms with Crippen LogP contribution in [-0.4, -0.2) is 11.3 Å². The van der Waals surface area contributed by atoms with Crippen molar-refractivity contribution in [2.75, 3.05) is 0 Å². The maximum absolute atomic E-state index is 9.63. The fourth-order valence-corrected chi connectivity index (χ4v) is 2.25. The molecule has 2 nitrogen and oxygen atoms in total. The maximum Gasteiger partial charge on any atom is 0.116 e. The third kappa shape index (κ3) is 2.26. The van der Waals surface area contributed by atoms with E-state index >= 15 is 0 Å². The van der Waals surface area contributed by atoms with Crippen molar-refractivity contribution >= 4 is 11.9 Å². The summed E-state index contributed by atoms with van der Waals surface area (Å²) in [5, 5.41) is 9.63. The maximum atomic E-state index is 9.63. The SMILES string of the molecule is CCC=CC1c2cc(O)ccc2N=CC1(C)C. The van der Waals surface area contributed by atoms with Crippen molar-refractivity contribution in [1.82, 2.24) is 0 Å². The van der Waals surface area contributed by atoms with Gasteiger partial charge in [-0.05, 0) is 30.2 Å². The third-order valence-corrected chi connectivity index (χ3v) is 3.25. The Kier molecular flexibility index (Phi) is 3.05. The zero-order chi connectivity index (χ0) is 12.5. The quantitative estimate of drug-likeness (QED) is 0.758. The van der Waals surface area contributed by atoms with E-state index in [0.29, 0.717) is 5.75 Å². The summed E-state index contributed by atoms with van der Waals surface area (Å²) in [6, 6.07) is 5.40. The minimum absolute atomic E-state index is 0.00748. The van der Waals surface area contributed by atoms with Crippen molar-refractivity contribution in [2.24, 2.45) is 10.4 Å². The van der Waals surface area contributed by atoms with Crippen molar-refractivity contribution in [3.63, 3.8) is 0 Å². The van der Waals surface area contributed by atoms with Crippen molar-refractivity contribution in [3.05, 3.63) is 35.9 Å². The second kappa shape index (κ2) is 4.36. The second-order valence-electron chi connectivity index (χ2n) is 5.14. The molecule has 1 aromatic rings. The van der Waals surface area contributed by atoms with E-state index in [1.807, 2.05) is 18.3 Å². The van der Waals surface area contributed by atoms with Gasteiger partial charge in [0.2, 0.25) is 0 Å². The number of benzene rings is 1. The van der Waals surface area contributed by atoms with Crippen LogP contribution in [-0.2, 0) is 0 Å². The highest BCUT2D eigenvalue weighted by atomic mass is 16.3. The van der Waals surface area contributed by atoms with E-state index in [1.165, 1.54) is 0 Å². The van der Waals surface area contributed by atoms with E-state index < -0.39 is 0 Å². The van der Waals surface area contributed by atoms with Gasteiger partial charge in [0.25, 0.3) is 0 Å². The molecule has 1 aliphatic rings. The number of aromatic hydroxyl groups is 1. The first kappa shape index (κ1) is 11.9. The second-order valence-corrected chi connectivity index (χ2v) is 5.14. The van der Waals surface area contributed by atoms with Crippen LogP contribution >= 0.6 is 0 Å². The van der Waals surface area contributed by atoms with Crippen LogP contribution in [0.1, 0.15) is 38.7 Å². The number of phenols is 1. The molecule has 1 atom stereocenters. The summed E-state index contributed by atoms with van der Waals surface area (Å²) in [6.07, 6.45) is 7.44. The Labute approximate surface area is 103 Å². The Bertz CT molecular complexity index is 472. The van der Waals surface area contributed by atoms with Gasteiger partial charge in [0.05, 0.1) is 5.69 Å². The molecule has 0 amide bonds. The number of phenolic OH excluding ortho intramolecular Hbond substituents is 1. The first-order chi connectivity index (χ1) is 8.04. The van der Waals surface area contributed by atoms with Gasteiger partial charge in [-0.15, -0.1) is 0 Å². The first-order valence-corrected chi connectivity index (χ1v) is 6.09. The molecule has 0 bridgehead atoms. The normalized spacial score (nSPS) is 21.7. The summed E-state index contributed by atoms with van der Waals surface area (Å²) in [5.74, 6) is 0.591. The molecular weight excluding hydrogens is 210 g/mol. The molecule has 0 saturated carbocycles. The number of hydrogen-bond donors (Lipinski definition) is 1. The minimum atomic E-state index is -0.00748. The molecule has 1 aliphatic heterocycles. The van der Waals surface area contributed by atoms with Crippen molar-refractivity contribution < 1.29 is 5.11 Å². The van der Waals surface area contributed by atoms with Gasteiger partial charge < -0.3 is 5.11 Å². The Morgan fingerprint density at radius 1 is 1.41 bits per heavy atom. The molecule has 0 spiro atoms. The van der Waals surface area contributed by atoms with Gasteiger partial charge in [-0.3, -0.25) is 4.99 Å². The Balaban J connectivity index is 2.51. The Morgan fingerprint density at radius 3 is 2.88 bits per heavy atom. The number of aliphatic imine (C=N–C) groups is 1. The number of rotatable bonds is 2. The van der Waals surface area contributed by atoms with Crippen LogP contribution in [0.4, 0.5) is 5.69 Å². The van der Waals surface area contributed by atoms with Crippen LogP contribution < -0.4 is 0 Å². The number of nitrogens with zero attached hydrogens (tertiary/aromatic N) is 1. The van der Waals surface area contributed by atoms with E-state index in [0.717, 1.165) is 17.7 Å². The molecule has 0 fully saturated rings. The summed E-state index contributed by atoms with van der Waals surface area (Å²) in [6.45, 7) is 6.48. The lowest BCUT2D eigenvalue weighted by molar-refractivity contribution is 0.456. The lowest BCUT2D eigenvalue weighted by Gasteiger charge is -2.33. The molecule has 2 heteroatoms. The molecule has 2 rings (SSSR count). The molecule has 0 aliphatic carbocycles. The standard InChI is InChI=1S/C15H19NO/c1-4-5-6-13-12-9-11(17)7-8-14(12)16-10-15(13,2)3/h5-10,13,17H,4H2,1-3H3. The summed E-state index contributed by atoms with van der Waals surface area (Å²) >= 11 is 0. The predicted molar refractivity (Wildman–Crippen MR) is 72.2 cm³/mol. The lowest BCUT2D eigenvalue weighted by Crippen LogP contribution is -2.25. The monoisotopic (exact) mass is 229 g/mol. The fourth-order valence-electron chi connectivity index (χ4n) is 2.25. The Hall–Kier alpha value is -1.57. The van der Waals surface area contributed by atoms with E-state index in [9.17, 15) is 5.11 Å². The average Bonchev–Trinajstić information content (AvgIpc) is 2.27. The molecule has 0 saturated heterocycles. The molecule has 17 heavy (non-hydrogen) atoms. The van der Waals surface area contributed by atoms with E-state index in [2.05, 4.69) is 37.9 Å². The van der Waals surface area contributed by atoms with Crippen LogP contribution in [0.3, 0.4) is 0 Å². The first-order valence-electron chi connectivity index (χ1n) is 6.09. The van der Waals surface area contributed by atoms with Gasteiger partial charge in [0, 0.05) is 17.5 Å². The summed E-state index contributed by atoms with van der Waals surface area (Å²) in [5.41, 5.74) is 2.07. The van der Waals surface area contributed by atoms with Crippen molar-refractivity contribution in [3.8, 4) is 5.75 Å². The highest BCUT2D eigenvalue weighted by Crippen LogP contribution is 2.44. The number of hydrogen-bond acceptors (Lipinski definition) is 2. The van der Waals surface area contributed by atoms with Gasteiger partial charge in [0.15, 0.2) is 0 Å². The smallest absolute Gasteiger partial charge is 0.116 e. The van der Waals surface area contributed by atoms with Gasteiger partial charge >= 0.3 is 0 Å². The van der Waals surface area contributed by atoms with Crippen LogP contribution in [0.25, 0.3) is 0 Å². The van der Waals surface area contributed by atoms with Gasteiger partial charge in [-0.1, -0.05) is 32.9 Å². The summed E-state index contributed by atoms with van der Waals surface area (Å²) in [4.78, 5) is 4.48. The molecule has 0 aromatic heterocycles. The van der Waals surface area contributed by atoms with Gasteiger partial charge in [-0.25, -0.2) is 0 Å². The average molecular weight is 229 g/mol. The van der Waals surface area contributed by atoms with Gasteiger partial charge in [-0.2, -0.15) is 0 Å². The molecule has 1 unspecified atom stereocenters. The van der Waals surface area contributed by atoms with Crippen molar-refractivity contribution in [2.45, 2.75) is 33.1 Å². The molecule has 1 N–H and O–H groups in total. The topological polar surface area (TPSA) is 32.6 Å². The highest BCUT2D eigenvalue weighted by molar-refractivity contribution is 5.77. The van der Waals surface area contributed by atoms with Crippen LogP contribution in [0.5, 0.6) is 5.75 Å². The summed E-state index contributed by atoms with van der Waals surface area (Å²) < 4.78 is 0. The zero-order valence-electron chi connectivity index (χ0n) is 10.6. The minimum Gasteiger partial charge on any atom is -0.508 e. The van der Waals surface area contributed by atoms with Crippen LogP contribution in [0.2, 0.25) is 0 Å². The predicted octanol–water partition coefficient (Wildman–Crippen LogP) is 4.18. The zero-order valence-corrected chi connectivity index (χ0v) is 10.6.